The van der Waals surface area contributed by atoms with E-state index in [-0.39, 0.29) is 5.97 Å². The Balaban J connectivity index is 1.78. The fourth-order valence-electron chi connectivity index (χ4n) is 4.38. The minimum absolute atomic E-state index is 0.294. The first-order chi connectivity index (χ1) is 17.6. The average Bonchev–Trinajstić information content (AvgIpc) is 2.90. The number of hydrogen-bond donors (Lipinski definition) is 0. The molecule has 5 heteroatoms. The van der Waals surface area contributed by atoms with Crippen molar-refractivity contribution in [1.82, 2.24) is 0 Å². The normalized spacial score (nSPS) is 13.8. The van der Waals surface area contributed by atoms with Crippen molar-refractivity contribution in [3.8, 4) is 5.75 Å². The Morgan fingerprint density at radius 2 is 1.64 bits per heavy atom. The maximum atomic E-state index is 12.6. The van der Waals surface area contributed by atoms with Crippen LogP contribution in [0.5, 0.6) is 5.75 Å². The van der Waals surface area contributed by atoms with E-state index in [0.29, 0.717) is 49.7 Å². The first-order valence-electron chi connectivity index (χ1n) is 13.7. The van der Waals surface area contributed by atoms with Crippen molar-refractivity contribution in [2.24, 2.45) is 0 Å². The number of benzene rings is 1. The topological polar surface area (TPSA) is 61.8 Å². The first kappa shape index (κ1) is 29.4. The molecule has 0 N–H and O–H groups in total. The monoisotopic (exact) mass is 496 g/mol. The van der Waals surface area contributed by atoms with E-state index in [1.54, 1.807) is 6.08 Å². The van der Waals surface area contributed by atoms with Gasteiger partial charge in [-0.05, 0) is 55.0 Å². The van der Waals surface area contributed by atoms with Gasteiger partial charge in [-0.1, -0.05) is 77.5 Å². The molecule has 5 nitrogen and oxygen atoms in total. The fraction of sp³-hybridized carbons (Fsp3) is 0.548. The van der Waals surface area contributed by atoms with Gasteiger partial charge in [-0.2, -0.15) is 0 Å². The zero-order chi connectivity index (χ0) is 26.0. The van der Waals surface area contributed by atoms with Crippen LogP contribution in [0.3, 0.4) is 0 Å². The van der Waals surface area contributed by atoms with Gasteiger partial charge in [0.2, 0.25) is 0 Å². The summed E-state index contributed by atoms with van der Waals surface area (Å²) < 4.78 is 16.3. The van der Waals surface area contributed by atoms with Crippen LogP contribution in [0.4, 0.5) is 0 Å². The second kappa shape index (κ2) is 17.6. The predicted octanol–water partition coefficient (Wildman–Crippen LogP) is 7.97. The van der Waals surface area contributed by atoms with Crippen molar-refractivity contribution < 1.29 is 23.8 Å². The molecular formula is C31H44O5. The number of rotatable bonds is 18. The minimum Gasteiger partial charge on any atom is -0.498 e. The summed E-state index contributed by atoms with van der Waals surface area (Å²) in [5.74, 6) is 1.23. The molecule has 198 valence electrons. The molecule has 0 aliphatic heterocycles. The molecule has 0 saturated carbocycles. The summed E-state index contributed by atoms with van der Waals surface area (Å²) in [7, 11) is 0. The van der Waals surface area contributed by atoms with Crippen LogP contribution in [-0.2, 0) is 19.1 Å². The van der Waals surface area contributed by atoms with Crippen molar-refractivity contribution in [3.05, 3.63) is 66.0 Å². The minimum atomic E-state index is -0.429. The third kappa shape index (κ3) is 11.3. The molecule has 1 atom stereocenters. The molecular weight excluding hydrogens is 452 g/mol. The third-order valence-electron chi connectivity index (χ3n) is 6.47. The number of allylic oxidation sites excluding steroid dienone is 3. The van der Waals surface area contributed by atoms with Crippen LogP contribution in [0.2, 0.25) is 0 Å². The van der Waals surface area contributed by atoms with Gasteiger partial charge in [0.25, 0.3) is 0 Å². The molecule has 0 saturated heterocycles. The molecule has 0 fully saturated rings. The van der Waals surface area contributed by atoms with Crippen molar-refractivity contribution in [1.29, 1.82) is 0 Å². The molecule has 0 radical (unpaired) electrons. The van der Waals surface area contributed by atoms with Crippen LogP contribution in [0.25, 0.3) is 0 Å². The molecule has 1 aliphatic rings. The Morgan fingerprint density at radius 1 is 0.889 bits per heavy atom. The highest BCUT2D eigenvalue weighted by molar-refractivity contribution is 5.90. The molecule has 1 aromatic carbocycles. The lowest BCUT2D eigenvalue weighted by Gasteiger charge is -2.18. The predicted molar refractivity (Wildman–Crippen MR) is 145 cm³/mol. The molecule has 0 spiro atoms. The van der Waals surface area contributed by atoms with Crippen LogP contribution in [0.1, 0.15) is 102 Å². The van der Waals surface area contributed by atoms with Crippen molar-refractivity contribution in [3.63, 3.8) is 0 Å². The number of hydrogen-bond acceptors (Lipinski definition) is 5. The zero-order valence-corrected chi connectivity index (χ0v) is 22.3. The average molecular weight is 497 g/mol. The summed E-state index contributed by atoms with van der Waals surface area (Å²) in [6, 6.07) is 8.08. The lowest BCUT2D eigenvalue weighted by atomic mass is 9.89. The maximum absolute atomic E-state index is 12.6. The second-order valence-electron chi connectivity index (χ2n) is 9.40. The first-order valence-corrected chi connectivity index (χ1v) is 13.7. The van der Waals surface area contributed by atoms with Crippen LogP contribution < -0.4 is 4.74 Å². The Morgan fingerprint density at radius 3 is 2.31 bits per heavy atom. The summed E-state index contributed by atoms with van der Waals surface area (Å²) in [6.45, 7) is 8.60. The molecule has 36 heavy (non-hydrogen) atoms. The molecule has 1 aliphatic carbocycles. The molecule has 1 aromatic rings. The maximum Gasteiger partial charge on any atom is 0.339 e. The van der Waals surface area contributed by atoms with Gasteiger partial charge in [-0.25, -0.2) is 9.59 Å². The van der Waals surface area contributed by atoms with E-state index in [1.165, 1.54) is 63.4 Å². The van der Waals surface area contributed by atoms with E-state index in [2.05, 4.69) is 32.6 Å². The summed E-state index contributed by atoms with van der Waals surface area (Å²) >= 11 is 0. The standard InChI is InChI=1S/C31H44O5/c1-4-7-8-9-10-11-14-25(13-5-2)26-15-21-29(22-16-26)36-31(33)27-17-19-28(20-18-27)34-23-12-24-35-30(32)6-3/h6,15-17,19,21-22,25H,3-5,7-14,18,20,23-24H2,1-2H3. The second-order valence-corrected chi connectivity index (χ2v) is 9.40. The highest BCUT2D eigenvalue weighted by atomic mass is 16.5. The highest BCUT2D eigenvalue weighted by Crippen LogP contribution is 2.29. The molecule has 2 rings (SSSR count). The van der Waals surface area contributed by atoms with Crippen molar-refractivity contribution in [2.75, 3.05) is 13.2 Å². The van der Waals surface area contributed by atoms with Crippen LogP contribution in [0, 0.1) is 0 Å². The Bertz CT molecular complexity index is 865. The highest BCUT2D eigenvalue weighted by Gasteiger charge is 2.17. The zero-order valence-electron chi connectivity index (χ0n) is 22.3. The lowest BCUT2D eigenvalue weighted by Crippen LogP contribution is -2.14. The summed E-state index contributed by atoms with van der Waals surface area (Å²) in [6.07, 6.45) is 18.1. The van der Waals surface area contributed by atoms with Gasteiger partial charge in [0.05, 0.1) is 19.0 Å². The van der Waals surface area contributed by atoms with Crippen LogP contribution in [-0.4, -0.2) is 25.2 Å². The van der Waals surface area contributed by atoms with E-state index < -0.39 is 5.97 Å². The Labute approximate surface area is 217 Å². The van der Waals surface area contributed by atoms with E-state index >= 15 is 0 Å². The number of unbranched alkanes of at least 4 members (excludes halogenated alkanes) is 5. The molecule has 0 heterocycles. The van der Waals surface area contributed by atoms with Gasteiger partial charge in [0.15, 0.2) is 0 Å². The lowest BCUT2D eigenvalue weighted by molar-refractivity contribution is -0.138. The Kier molecular flexibility index (Phi) is 14.4. The molecule has 0 bridgehead atoms. The van der Waals surface area contributed by atoms with Gasteiger partial charge in [0.1, 0.15) is 5.75 Å². The molecule has 0 amide bonds. The summed E-state index contributed by atoms with van der Waals surface area (Å²) in [4.78, 5) is 23.6. The number of carbonyl (C=O) groups excluding carboxylic acids is 2. The summed E-state index contributed by atoms with van der Waals surface area (Å²) in [5, 5.41) is 0. The SMILES string of the molecule is C=CC(=O)OCCCOC1=CC=C(C(=O)Oc2ccc(C(CCC)CCCCCCCC)cc2)CC1. The third-order valence-corrected chi connectivity index (χ3v) is 6.47. The number of esters is 2. The Hall–Kier alpha value is -2.82. The van der Waals surface area contributed by atoms with Gasteiger partial charge in [-0.3, -0.25) is 0 Å². The van der Waals surface area contributed by atoms with E-state index in [1.807, 2.05) is 18.2 Å². The van der Waals surface area contributed by atoms with Crippen molar-refractivity contribution in [2.45, 2.75) is 96.8 Å². The number of ether oxygens (including phenoxy) is 3. The number of carbonyl (C=O) groups is 2. The van der Waals surface area contributed by atoms with E-state index in [9.17, 15) is 9.59 Å². The van der Waals surface area contributed by atoms with Gasteiger partial charge >= 0.3 is 11.9 Å². The van der Waals surface area contributed by atoms with Crippen LogP contribution >= 0.6 is 0 Å². The molecule has 0 aromatic heterocycles. The smallest absolute Gasteiger partial charge is 0.339 e. The van der Waals surface area contributed by atoms with Crippen molar-refractivity contribution >= 4 is 11.9 Å². The van der Waals surface area contributed by atoms with E-state index in [0.717, 1.165) is 11.8 Å². The van der Waals surface area contributed by atoms with E-state index in [4.69, 9.17) is 14.2 Å². The van der Waals surface area contributed by atoms with Gasteiger partial charge in [-0.15, -0.1) is 0 Å². The summed E-state index contributed by atoms with van der Waals surface area (Å²) in [5.41, 5.74) is 1.98. The molecule has 1 unspecified atom stereocenters. The largest absolute Gasteiger partial charge is 0.498 e. The van der Waals surface area contributed by atoms with Gasteiger partial charge < -0.3 is 14.2 Å². The van der Waals surface area contributed by atoms with Gasteiger partial charge in [0, 0.05) is 24.5 Å². The van der Waals surface area contributed by atoms with Crippen LogP contribution in [0.15, 0.2) is 60.4 Å². The quantitative estimate of drug-likeness (QED) is 0.0892. The fourth-order valence-corrected chi connectivity index (χ4v) is 4.38.